The highest BCUT2D eigenvalue weighted by molar-refractivity contribution is 5.75. The minimum Gasteiger partial charge on any atom is -0.467 e. The van der Waals surface area contributed by atoms with Crippen LogP contribution in [0.5, 0.6) is 0 Å². The summed E-state index contributed by atoms with van der Waals surface area (Å²) < 4.78 is 10.7. The summed E-state index contributed by atoms with van der Waals surface area (Å²) in [5.74, 6) is 0.721. The first-order valence-electron chi connectivity index (χ1n) is 6.94. The van der Waals surface area contributed by atoms with E-state index >= 15 is 0 Å². The molecule has 0 bridgehead atoms. The molecule has 1 fully saturated rings. The predicted octanol–water partition coefficient (Wildman–Crippen LogP) is 1.52. The molecule has 2 N–H and O–H groups in total. The van der Waals surface area contributed by atoms with Crippen molar-refractivity contribution in [2.24, 2.45) is 0 Å². The van der Waals surface area contributed by atoms with Gasteiger partial charge in [0.05, 0.1) is 37.7 Å². The smallest absolute Gasteiger partial charge is 0.318 e. The third-order valence-corrected chi connectivity index (χ3v) is 3.41. The fraction of sp³-hybridized carbons (Fsp3) is 0.643. The number of aliphatic hydroxyl groups excluding tert-OH is 1. The number of nitrogens with zero attached hydrogens (tertiary/aromatic N) is 1. The van der Waals surface area contributed by atoms with Gasteiger partial charge in [-0.1, -0.05) is 0 Å². The normalized spacial score (nSPS) is 22.4. The lowest BCUT2D eigenvalue weighted by molar-refractivity contribution is -0.00484. The summed E-state index contributed by atoms with van der Waals surface area (Å²) in [7, 11) is 0. The molecule has 112 valence electrons. The largest absolute Gasteiger partial charge is 0.467 e. The number of furan rings is 1. The second-order valence-electron chi connectivity index (χ2n) is 5.19. The number of ether oxygens (including phenoxy) is 1. The summed E-state index contributed by atoms with van der Waals surface area (Å²) in [6.07, 6.45) is 1.64. The Labute approximate surface area is 118 Å². The minimum atomic E-state index is -0.459. The Kier molecular flexibility index (Phi) is 5.03. The van der Waals surface area contributed by atoms with E-state index < -0.39 is 6.10 Å². The Balaban J connectivity index is 1.95. The van der Waals surface area contributed by atoms with E-state index in [4.69, 9.17) is 9.15 Å². The van der Waals surface area contributed by atoms with Gasteiger partial charge >= 0.3 is 6.03 Å². The van der Waals surface area contributed by atoms with Crippen LogP contribution in [0.4, 0.5) is 4.79 Å². The Bertz CT molecular complexity index is 419. The highest BCUT2D eigenvalue weighted by atomic mass is 16.5. The molecular formula is C14H22N2O4. The second kappa shape index (κ2) is 6.76. The van der Waals surface area contributed by atoms with Crippen molar-refractivity contribution >= 4 is 6.03 Å². The molecule has 2 rings (SSSR count). The van der Waals surface area contributed by atoms with Gasteiger partial charge in [-0.2, -0.15) is 0 Å². The zero-order chi connectivity index (χ0) is 14.5. The molecule has 0 radical (unpaired) electrons. The maximum Gasteiger partial charge on any atom is 0.318 e. The molecule has 0 aliphatic carbocycles. The maximum absolute atomic E-state index is 12.3. The molecule has 2 heterocycles. The van der Waals surface area contributed by atoms with Gasteiger partial charge in [0, 0.05) is 6.54 Å². The molecule has 2 amide bonds. The van der Waals surface area contributed by atoms with Gasteiger partial charge in [-0.15, -0.1) is 0 Å². The Morgan fingerprint density at radius 1 is 1.60 bits per heavy atom. The zero-order valence-corrected chi connectivity index (χ0v) is 11.9. The summed E-state index contributed by atoms with van der Waals surface area (Å²) in [4.78, 5) is 14.1. The molecule has 6 heteroatoms. The van der Waals surface area contributed by atoms with Crippen LogP contribution in [-0.4, -0.2) is 47.9 Å². The molecule has 0 spiro atoms. The summed E-state index contributed by atoms with van der Waals surface area (Å²) in [6, 6.07) is 3.20. The van der Waals surface area contributed by atoms with Crippen molar-refractivity contribution in [2.45, 2.75) is 38.5 Å². The summed E-state index contributed by atoms with van der Waals surface area (Å²) in [6.45, 7) is 5.12. The van der Waals surface area contributed by atoms with Crippen molar-refractivity contribution < 1.29 is 19.1 Å². The van der Waals surface area contributed by atoms with Gasteiger partial charge in [0.25, 0.3) is 0 Å². The van der Waals surface area contributed by atoms with E-state index in [9.17, 15) is 9.90 Å². The lowest BCUT2D eigenvalue weighted by Gasteiger charge is -2.36. The molecule has 1 aromatic heterocycles. The number of rotatable bonds is 4. The van der Waals surface area contributed by atoms with E-state index in [-0.39, 0.29) is 18.1 Å². The number of carbonyl (C=O) groups is 1. The molecule has 20 heavy (non-hydrogen) atoms. The van der Waals surface area contributed by atoms with Crippen LogP contribution in [0.15, 0.2) is 22.8 Å². The van der Waals surface area contributed by atoms with Crippen LogP contribution >= 0.6 is 0 Å². The fourth-order valence-electron chi connectivity index (χ4n) is 2.39. The number of aliphatic hydroxyl groups is 1. The number of hydrogen-bond donors (Lipinski definition) is 2. The maximum atomic E-state index is 12.3. The number of nitrogens with one attached hydrogen (secondary N) is 1. The van der Waals surface area contributed by atoms with E-state index in [1.165, 1.54) is 0 Å². The number of urea groups is 1. The van der Waals surface area contributed by atoms with Crippen LogP contribution in [0.1, 0.15) is 32.1 Å². The van der Waals surface area contributed by atoms with Crippen LogP contribution < -0.4 is 5.32 Å². The SMILES string of the molecule is C[C@H](O)C[C@H]1COCCN1C(=O)N[C@H](C)c1ccco1. The average Bonchev–Trinajstić information content (AvgIpc) is 2.92. The van der Waals surface area contributed by atoms with Crippen molar-refractivity contribution in [3.63, 3.8) is 0 Å². The van der Waals surface area contributed by atoms with Gasteiger partial charge in [0.15, 0.2) is 0 Å². The molecule has 1 saturated heterocycles. The van der Waals surface area contributed by atoms with Gasteiger partial charge in [0.2, 0.25) is 0 Å². The van der Waals surface area contributed by atoms with Crippen molar-refractivity contribution in [1.29, 1.82) is 0 Å². The van der Waals surface area contributed by atoms with Gasteiger partial charge in [-0.05, 0) is 32.4 Å². The van der Waals surface area contributed by atoms with Crippen LogP contribution in [0, 0.1) is 0 Å². The van der Waals surface area contributed by atoms with E-state index in [1.807, 2.05) is 13.0 Å². The van der Waals surface area contributed by atoms with Gasteiger partial charge in [0.1, 0.15) is 5.76 Å². The number of amides is 2. The van der Waals surface area contributed by atoms with Crippen molar-refractivity contribution in [3.05, 3.63) is 24.2 Å². The number of morpholine rings is 1. The highest BCUT2D eigenvalue weighted by Gasteiger charge is 2.29. The zero-order valence-electron chi connectivity index (χ0n) is 11.9. The van der Waals surface area contributed by atoms with E-state index in [0.717, 1.165) is 5.76 Å². The third-order valence-electron chi connectivity index (χ3n) is 3.41. The van der Waals surface area contributed by atoms with Crippen LogP contribution in [0.2, 0.25) is 0 Å². The minimum absolute atomic E-state index is 0.0902. The van der Waals surface area contributed by atoms with Crippen LogP contribution in [0.3, 0.4) is 0 Å². The monoisotopic (exact) mass is 282 g/mol. The van der Waals surface area contributed by atoms with E-state index in [2.05, 4.69) is 5.32 Å². The van der Waals surface area contributed by atoms with E-state index in [1.54, 1.807) is 24.2 Å². The quantitative estimate of drug-likeness (QED) is 0.878. The Morgan fingerprint density at radius 3 is 3.05 bits per heavy atom. The molecule has 0 saturated carbocycles. The van der Waals surface area contributed by atoms with Crippen molar-refractivity contribution in [1.82, 2.24) is 10.2 Å². The lowest BCUT2D eigenvalue weighted by Crippen LogP contribution is -2.53. The lowest BCUT2D eigenvalue weighted by atomic mass is 10.1. The molecule has 1 aliphatic heterocycles. The average molecular weight is 282 g/mol. The van der Waals surface area contributed by atoms with Crippen LogP contribution in [0.25, 0.3) is 0 Å². The summed E-state index contributed by atoms with van der Waals surface area (Å²) >= 11 is 0. The molecule has 0 aromatic carbocycles. The fourth-order valence-corrected chi connectivity index (χ4v) is 2.39. The molecule has 0 unspecified atom stereocenters. The van der Waals surface area contributed by atoms with Crippen LogP contribution in [-0.2, 0) is 4.74 Å². The van der Waals surface area contributed by atoms with Crippen molar-refractivity contribution in [2.75, 3.05) is 19.8 Å². The number of carbonyl (C=O) groups excluding carboxylic acids is 1. The first-order valence-corrected chi connectivity index (χ1v) is 6.94. The topological polar surface area (TPSA) is 74.9 Å². The Hall–Kier alpha value is -1.53. The molecule has 1 aliphatic rings. The highest BCUT2D eigenvalue weighted by Crippen LogP contribution is 2.16. The molecular weight excluding hydrogens is 260 g/mol. The number of hydrogen-bond acceptors (Lipinski definition) is 4. The summed E-state index contributed by atoms with van der Waals surface area (Å²) in [5, 5.41) is 12.4. The van der Waals surface area contributed by atoms with Gasteiger partial charge in [-0.3, -0.25) is 0 Å². The molecule has 6 nitrogen and oxygen atoms in total. The third kappa shape index (κ3) is 3.74. The van der Waals surface area contributed by atoms with E-state index in [0.29, 0.717) is 26.2 Å². The standard InChI is InChI=1S/C14H22N2O4/c1-10(17)8-12-9-19-7-5-16(12)14(18)15-11(2)13-4-3-6-20-13/h3-4,6,10-12,17H,5,7-9H2,1-2H3,(H,15,18)/t10-,11+,12-/m0/s1. The van der Waals surface area contributed by atoms with Gasteiger partial charge < -0.3 is 24.5 Å². The first-order chi connectivity index (χ1) is 9.58. The predicted molar refractivity (Wildman–Crippen MR) is 73.3 cm³/mol. The first kappa shape index (κ1) is 14.9. The molecule has 3 atom stereocenters. The molecule has 1 aromatic rings. The summed E-state index contributed by atoms with van der Waals surface area (Å²) in [5.41, 5.74) is 0. The van der Waals surface area contributed by atoms with Gasteiger partial charge in [-0.25, -0.2) is 4.79 Å². The Morgan fingerprint density at radius 2 is 2.40 bits per heavy atom. The van der Waals surface area contributed by atoms with Crippen molar-refractivity contribution in [3.8, 4) is 0 Å². The second-order valence-corrected chi connectivity index (χ2v) is 5.19.